The minimum absolute atomic E-state index is 0.0226. The molecule has 32 heavy (non-hydrogen) atoms. The summed E-state index contributed by atoms with van der Waals surface area (Å²) in [5, 5.41) is 2.51. The van der Waals surface area contributed by atoms with Crippen LogP contribution in [-0.2, 0) is 19.6 Å². The highest BCUT2D eigenvalue weighted by Gasteiger charge is 2.27. The van der Waals surface area contributed by atoms with E-state index in [1.165, 1.54) is 29.4 Å². The summed E-state index contributed by atoms with van der Waals surface area (Å²) < 4.78 is 58.7. The first kappa shape index (κ1) is 24.1. The molecule has 1 aliphatic rings. The smallest absolute Gasteiger partial charge is 0.339 e. The molecule has 2 aromatic carbocycles. The highest BCUT2D eigenvalue weighted by Crippen LogP contribution is 2.28. The van der Waals surface area contributed by atoms with Crippen LogP contribution >= 0.6 is 11.6 Å². The van der Waals surface area contributed by atoms with Crippen molar-refractivity contribution >= 4 is 39.2 Å². The van der Waals surface area contributed by atoms with Gasteiger partial charge in [0.2, 0.25) is 10.0 Å². The highest BCUT2D eigenvalue weighted by molar-refractivity contribution is 7.89. The number of nitrogens with zero attached hydrogens (tertiary/aromatic N) is 1. The largest absolute Gasteiger partial charge is 0.449 e. The van der Waals surface area contributed by atoms with Gasteiger partial charge in [0, 0.05) is 19.2 Å². The van der Waals surface area contributed by atoms with Crippen LogP contribution in [0.15, 0.2) is 41.3 Å². The number of halogens is 3. The molecule has 1 aliphatic heterocycles. The summed E-state index contributed by atoms with van der Waals surface area (Å²) in [5.41, 5.74) is -0.371. The molecule has 172 valence electrons. The molecule has 0 bridgehead atoms. The van der Waals surface area contributed by atoms with E-state index in [-0.39, 0.29) is 15.6 Å². The average molecular weight is 487 g/mol. The number of anilines is 1. The summed E-state index contributed by atoms with van der Waals surface area (Å²) in [5.74, 6) is -3.83. The number of esters is 1. The molecule has 0 saturated carbocycles. The molecule has 1 atom stereocenters. The van der Waals surface area contributed by atoms with Crippen LogP contribution in [0, 0.1) is 11.6 Å². The number of amides is 1. The number of ether oxygens (including phenoxy) is 1. The molecular formula is C21H21ClF2N2O5S. The van der Waals surface area contributed by atoms with Crippen molar-refractivity contribution in [3.8, 4) is 0 Å². The summed E-state index contributed by atoms with van der Waals surface area (Å²) in [6, 6.07) is 6.09. The summed E-state index contributed by atoms with van der Waals surface area (Å²) in [6.45, 7) is 2.09. The number of rotatable bonds is 6. The third kappa shape index (κ3) is 5.62. The Labute approximate surface area is 189 Å². The minimum atomic E-state index is -3.75. The molecule has 1 fully saturated rings. The van der Waals surface area contributed by atoms with Gasteiger partial charge >= 0.3 is 5.97 Å². The van der Waals surface area contributed by atoms with E-state index in [4.69, 9.17) is 16.3 Å². The Hall–Kier alpha value is -2.56. The Balaban J connectivity index is 1.72. The summed E-state index contributed by atoms with van der Waals surface area (Å²) >= 11 is 6.10. The fourth-order valence-corrected chi connectivity index (χ4v) is 4.91. The fraction of sp³-hybridized carbons (Fsp3) is 0.333. The molecule has 1 saturated heterocycles. The van der Waals surface area contributed by atoms with Crippen LogP contribution in [0.3, 0.4) is 0 Å². The Morgan fingerprint density at radius 3 is 2.31 bits per heavy atom. The van der Waals surface area contributed by atoms with E-state index in [1.807, 2.05) is 0 Å². The quantitative estimate of drug-likeness (QED) is 0.623. The van der Waals surface area contributed by atoms with Gasteiger partial charge in [-0.15, -0.1) is 0 Å². The number of carbonyl (C=O) groups excluding carboxylic acids is 2. The zero-order valence-electron chi connectivity index (χ0n) is 17.1. The maximum atomic E-state index is 13.3. The first-order chi connectivity index (χ1) is 15.1. The Morgan fingerprint density at radius 2 is 1.69 bits per heavy atom. The molecule has 0 radical (unpaired) electrons. The first-order valence-corrected chi connectivity index (χ1v) is 11.7. The molecule has 11 heteroatoms. The van der Waals surface area contributed by atoms with E-state index in [9.17, 15) is 26.8 Å². The number of sulfonamides is 1. The number of piperidine rings is 1. The zero-order chi connectivity index (χ0) is 23.5. The highest BCUT2D eigenvalue weighted by atomic mass is 35.5. The first-order valence-electron chi connectivity index (χ1n) is 9.85. The number of hydrogen-bond donors (Lipinski definition) is 1. The standard InChI is InChI=1S/C21H21ClF2N2O5S/c1-13(31-21(28)14-9-15(23)11-16(24)10-14)20(27)25-19-12-17(5-6-18(19)22)32(29,30)26-7-3-2-4-8-26/h5-6,9-13H,2-4,7-8H2,1H3,(H,25,27). The normalized spacial score (nSPS) is 15.8. The van der Waals surface area contributed by atoms with E-state index >= 15 is 0 Å². The number of hydrogen-bond acceptors (Lipinski definition) is 5. The van der Waals surface area contributed by atoms with Crippen LogP contribution in [0.2, 0.25) is 5.02 Å². The van der Waals surface area contributed by atoms with Gasteiger partial charge in [-0.3, -0.25) is 4.79 Å². The van der Waals surface area contributed by atoms with E-state index in [1.54, 1.807) is 0 Å². The van der Waals surface area contributed by atoms with Crippen molar-refractivity contribution in [3.05, 3.63) is 58.6 Å². The Bertz CT molecular complexity index is 1120. The molecule has 1 amide bonds. The summed E-state index contributed by atoms with van der Waals surface area (Å²) in [7, 11) is -3.75. The molecule has 1 unspecified atom stereocenters. The molecule has 0 aromatic heterocycles. The summed E-state index contributed by atoms with van der Waals surface area (Å²) in [4.78, 5) is 24.5. The van der Waals surface area contributed by atoms with Gasteiger partial charge in [0.1, 0.15) is 11.6 Å². The van der Waals surface area contributed by atoms with Crippen LogP contribution in [0.25, 0.3) is 0 Å². The fourth-order valence-electron chi connectivity index (χ4n) is 3.20. The van der Waals surface area contributed by atoms with Crippen LogP contribution in [0.4, 0.5) is 14.5 Å². The lowest BCUT2D eigenvalue weighted by Crippen LogP contribution is -2.35. The Kier molecular flexibility index (Phi) is 7.47. The van der Waals surface area contributed by atoms with Crippen LogP contribution in [0.1, 0.15) is 36.5 Å². The molecule has 1 heterocycles. The van der Waals surface area contributed by atoms with Crippen molar-refractivity contribution < 1.29 is 31.5 Å². The van der Waals surface area contributed by atoms with E-state index in [2.05, 4.69) is 5.32 Å². The van der Waals surface area contributed by atoms with Gasteiger partial charge in [0.05, 0.1) is 21.2 Å². The number of carbonyl (C=O) groups is 2. The van der Waals surface area contributed by atoms with Gasteiger partial charge < -0.3 is 10.1 Å². The van der Waals surface area contributed by atoms with Crippen molar-refractivity contribution in [1.82, 2.24) is 4.31 Å². The number of benzene rings is 2. The maximum Gasteiger partial charge on any atom is 0.339 e. The van der Waals surface area contributed by atoms with Crippen molar-refractivity contribution in [2.75, 3.05) is 18.4 Å². The second-order valence-corrected chi connectivity index (χ2v) is 9.65. The van der Waals surface area contributed by atoms with Gasteiger partial charge in [-0.1, -0.05) is 18.0 Å². The van der Waals surface area contributed by atoms with Gasteiger partial charge in [-0.05, 0) is 50.1 Å². The van der Waals surface area contributed by atoms with Crippen molar-refractivity contribution in [2.45, 2.75) is 37.2 Å². The second kappa shape index (κ2) is 9.93. The van der Waals surface area contributed by atoms with Crippen LogP contribution < -0.4 is 5.32 Å². The third-order valence-electron chi connectivity index (χ3n) is 4.90. The van der Waals surface area contributed by atoms with E-state index in [0.717, 1.165) is 31.4 Å². The Morgan fingerprint density at radius 1 is 1.06 bits per heavy atom. The van der Waals surface area contributed by atoms with E-state index < -0.39 is 45.2 Å². The van der Waals surface area contributed by atoms with Crippen molar-refractivity contribution in [1.29, 1.82) is 0 Å². The lowest BCUT2D eigenvalue weighted by atomic mass is 10.2. The van der Waals surface area contributed by atoms with Crippen LogP contribution in [-0.4, -0.2) is 43.8 Å². The topological polar surface area (TPSA) is 92.8 Å². The van der Waals surface area contributed by atoms with Gasteiger partial charge in [0.25, 0.3) is 5.91 Å². The molecule has 0 aliphatic carbocycles. The van der Waals surface area contributed by atoms with Gasteiger partial charge in [0.15, 0.2) is 6.10 Å². The van der Waals surface area contributed by atoms with Crippen LogP contribution in [0.5, 0.6) is 0 Å². The van der Waals surface area contributed by atoms with E-state index in [0.29, 0.717) is 19.2 Å². The monoisotopic (exact) mass is 486 g/mol. The molecule has 3 rings (SSSR count). The maximum absolute atomic E-state index is 13.3. The lowest BCUT2D eigenvalue weighted by Gasteiger charge is -2.26. The molecule has 7 nitrogen and oxygen atoms in total. The second-order valence-electron chi connectivity index (χ2n) is 7.30. The molecule has 2 aromatic rings. The average Bonchev–Trinajstić information content (AvgIpc) is 2.75. The van der Waals surface area contributed by atoms with Crippen molar-refractivity contribution in [3.63, 3.8) is 0 Å². The van der Waals surface area contributed by atoms with Gasteiger partial charge in [-0.25, -0.2) is 22.0 Å². The minimum Gasteiger partial charge on any atom is -0.449 e. The number of nitrogens with one attached hydrogen (secondary N) is 1. The van der Waals surface area contributed by atoms with Crippen molar-refractivity contribution in [2.24, 2.45) is 0 Å². The predicted molar refractivity (Wildman–Crippen MR) is 114 cm³/mol. The summed E-state index contributed by atoms with van der Waals surface area (Å²) in [6.07, 6.45) is 1.16. The zero-order valence-corrected chi connectivity index (χ0v) is 18.7. The SMILES string of the molecule is CC(OC(=O)c1cc(F)cc(F)c1)C(=O)Nc1cc(S(=O)(=O)N2CCCCC2)ccc1Cl. The lowest BCUT2D eigenvalue weighted by molar-refractivity contribution is -0.123. The van der Waals surface area contributed by atoms with Gasteiger partial charge in [-0.2, -0.15) is 4.31 Å². The predicted octanol–water partition coefficient (Wildman–Crippen LogP) is 3.98. The molecule has 0 spiro atoms. The third-order valence-corrected chi connectivity index (χ3v) is 7.12. The molecular weight excluding hydrogens is 466 g/mol. The molecule has 1 N–H and O–H groups in total.